The highest BCUT2D eigenvalue weighted by Gasteiger charge is 2.28. The molecule has 0 spiro atoms. The van der Waals surface area contributed by atoms with Crippen LogP contribution in [0.1, 0.15) is 14.5 Å². The minimum absolute atomic E-state index is 0.138. The lowest BCUT2D eigenvalue weighted by atomic mass is 10.3. The van der Waals surface area contributed by atoms with E-state index in [1.54, 1.807) is 0 Å². The summed E-state index contributed by atoms with van der Waals surface area (Å²) in [5.41, 5.74) is 0. The Morgan fingerprint density at radius 3 is 2.50 bits per heavy atom. The van der Waals surface area contributed by atoms with Crippen molar-refractivity contribution in [3.05, 3.63) is 15.8 Å². The van der Waals surface area contributed by atoms with Gasteiger partial charge >= 0.3 is 11.9 Å². The Labute approximate surface area is 119 Å². The summed E-state index contributed by atoms with van der Waals surface area (Å²) in [6, 6.07) is -0.450. The number of methoxy groups -OCH3 is 1. The number of thiophene rings is 1. The molecule has 20 heavy (non-hydrogen) atoms. The van der Waals surface area contributed by atoms with Crippen molar-refractivity contribution >= 4 is 33.3 Å². The molecule has 0 bridgehead atoms. The number of hydrogen-bond donors (Lipinski definition) is 3. The van der Waals surface area contributed by atoms with E-state index >= 15 is 0 Å². The summed E-state index contributed by atoms with van der Waals surface area (Å²) in [7, 11) is -3.08. The molecule has 10 heteroatoms. The molecule has 0 aliphatic rings. The molecule has 3 N–H and O–H groups in total. The molecule has 0 saturated carbocycles. The summed E-state index contributed by atoms with van der Waals surface area (Å²) in [6.45, 7) is 0.665. The number of rotatable bonds is 6. The average molecular weight is 323 g/mol. The molecule has 1 atom stereocenters. The zero-order valence-corrected chi connectivity index (χ0v) is 12.2. The zero-order chi connectivity index (χ0) is 15.5. The van der Waals surface area contributed by atoms with Gasteiger partial charge in [-0.1, -0.05) is 0 Å². The molecule has 0 amide bonds. The lowest BCUT2D eigenvalue weighted by Crippen LogP contribution is -2.43. The second-order valence-electron chi connectivity index (χ2n) is 3.72. The number of aliphatic hydroxyl groups excluding tert-OH is 1. The Bertz CT molecular complexity index is 620. The van der Waals surface area contributed by atoms with Crippen molar-refractivity contribution in [2.45, 2.75) is 17.9 Å². The predicted octanol–water partition coefficient (Wildman–Crippen LogP) is -0.433. The fourth-order valence-electron chi connectivity index (χ4n) is 1.39. The second kappa shape index (κ2) is 6.31. The number of carbonyl (C=O) groups excluding carboxylic acids is 1. The third kappa shape index (κ3) is 3.54. The Morgan fingerprint density at radius 1 is 1.50 bits per heavy atom. The SMILES string of the molecule is COC(=O)C(CO)NS(=O)(=O)c1cc(C(=O)O)sc1C. The average Bonchev–Trinajstić information content (AvgIpc) is 2.78. The highest BCUT2D eigenvalue weighted by Crippen LogP contribution is 2.25. The lowest BCUT2D eigenvalue weighted by Gasteiger charge is -2.13. The Hall–Kier alpha value is -1.49. The van der Waals surface area contributed by atoms with Gasteiger partial charge in [0.1, 0.15) is 10.9 Å². The Kier molecular flexibility index (Phi) is 5.22. The first-order valence-corrected chi connectivity index (χ1v) is 7.57. The smallest absolute Gasteiger partial charge is 0.345 e. The van der Waals surface area contributed by atoms with Crippen LogP contribution >= 0.6 is 11.3 Å². The fraction of sp³-hybridized carbons (Fsp3) is 0.400. The molecular weight excluding hydrogens is 310 g/mol. The van der Waals surface area contributed by atoms with Gasteiger partial charge in [-0.25, -0.2) is 13.2 Å². The van der Waals surface area contributed by atoms with Crippen LogP contribution in [-0.4, -0.2) is 50.3 Å². The van der Waals surface area contributed by atoms with E-state index in [1.165, 1.54) is 6.92 Å². The van der Waals surface area contributed by atoms with E-state index in [0.717, 1.165) is 24.5 Å². The Morgan fingerprint density at radius 2 is 2.10 bits per heavy atom. The van der Waals surface area contributed by atoms with Gasteiger partial charge < -0.3 is 14.9 Å². The largest absolute Gasteiger partial charge is 0.477 e. The molecule has 112 valence electrons. The van der Waals surface area contributed by atoms with Gasteiger partial charge in [0.2, 0.25) is 10.0 Å². The number of carbonyl (C=O) groups is 2. The van der Waals surface area contributed by atoms with Crippen LogP contribution in [-0.2, 0) is 19.6 Å². The maximum Gasteiger partial charge on any atom is 0.345 e. The van der Waals surface area contributed by atoms with Crippen molar-refractivity contribution in [3.63, 3.8) is 0 Å². The molecule has 0 aromatic carbocycles. The van der Waals surface area contributed by atoms with E-state index in [9.17, 15) is 18.0 Å². The minimum atomic E-state index is -4.13. The van der Waals surface area contributed by atoms with Crippen LogP contribution in [0.3, 0.4) is 0 Å². The fourth-order valence-corrected chi connectivity index (χ4v) is 4.00. The van der Waals surface area contributed by atoms with Gasteiger partial charge in [0.25, 0.3) is 0 Å². The third-order valence-electron chi connectivity index (χ3n) is 2.34. The number of aromatic carboxylic acids is 1. The molecule has 1 rings (SSSR count). The van der Waals surface area contributed by atoms with E-state index < -0.39 is 34.6 Å². The van der Waals surface area contributed by atoms with Crippen LogP contribution in [0, 0.1) is 6.92 Å². The van der Waals surface area contributed by atoms with Gasteiger partial charge in [0.05, 0.1) is 18.6 Å². The highest BCUT2D eigenvalue weighted by molar-refractivity contribution is 7.89. The first kappa shape index (κ1) is 16.6. The third-order valence-corrected chi connectivity index (χ3v) is 5.10. The van der Waals surface area contributed by atoms with Gasteiger partial charge in [-0.3, -0.25) is 4.79 Å². The molecule has 1 aromatic heterocycles. The maximum absolute atomic E-state index is 12.1. The number of carboxylic acids is 1. The van der Waals surface area contributed by atoms with Crippen LogP contribution in [0.4, 0.5) is 0 Å². The van der Waals surface area contributed by atoms with Crippen molar-refractivity contribution in [2.24, 2.45) is 0 Å². The van der Waals surface area contributed by atoms with Crippen LogP contribution < -0.4 is 4.72 Å². The monoisotopic (exact) mass is 323 g/mol. The van der Waals surface area contributed by atoms with Crippen LogP contribution in [0.2, 0.25) is 0 Å². The van der Waals surface area contributed by atoms with Crippen LogP contribution in [0.25, 0.3) is 0 Å². The molecule has 0 aliphatic carbocycles. The van der Waals surface area contributed by atoms with E-state index in [-0.39, 0.29) is 14.6 Å². The summed E-state index contributed by atoms with van der Waals surface area (Å²) >= 11 is 0.801. The topological polar surface area (TPSA) is 130 Å². The molecule has 1 unspecified atom stereocenters. The number of aryl methyl sites for hydroxylation is 1. The van der Waals surface area contributed by atoms with Gasteiger partial charge in [-0.05, 0) is 13.0 Å². The van der Waals surface area contributed by atoms with Gasteiger partial charge in [-0.15, -0.1) is 11.3 Å². The molecule has 0 aliphatic heterocycles. The number of aliphatic hydroxyl groups is 1. The molecule has 1 aromatic rings. The first-order valence-electron chi connectivity index (χ1n) is 5.27. The molecule has 0 fully saturated rings. The van der Waals surface area contributed by atoms with E-state index in [1.807, 2.05) is 4.72 Å². The van der Waals surface area contributed by atoms with Crippen molar-refractivity contribution in [3.8, 4) is 0 Å². The highest BCUT2D eigenvalue weighted by atomic mass is 32.2. The molecule has 8 nitrogen and oxygen atoms in total. The zero-order valence-electron chi connectivity index (χ0n) is 10.6. The minimum Gasteiger partial charge on any atom is -0.477 e. The lowest BCUT2D eigenvalue weighted by molar-refractivity contribution is -0.143. The summed E-state index contributed by atoms with van der Waals surface area (Å²) in [5.74, 6) is -2.19. The number of nitrogens with one attached hydrogen (secondary N) is 1. The molecular formula is C10H13NO7S2. The summed E-state index contributed by atoms with van der Waals surface area (Å²) in [6.07, 6.45) is 0. The van der Waals surface area contributed by atoms with E-state index in [4.69, 9.17) is 10.2 Å². The number of carboxylic acid groups (broad SMARTS) is 1. The quantitative estimate of drug-likeness (QED) is 0.605. The van der Waals surface area contributed by atoms with Crippen LogP contribution in [0.5, 0.6) is 0 Å². The molecule has 0 radical (unpaired) electrons. The predicted molar refractivity (Wildman–Crippen MR) is 69.2 cm³/mol. The summed E-state index contributed by atoms with van der Waals surface area (Å²) < 4.78 is 30.4. The normalized spacial score (nSPS) is 12.9. The number of sulfonamides is 1. The van der Waals surface area contributed by atoms with Crippen LogP contribution in [0.15, 0.2) is 11.0 Å². The standard InChI is InChI=1S/C10H13NO7S2/c1-5-8(3-7(19-5)9(13)14)20(16,17)11-6(4-12)10(15)18-2/h3,6,11-12H,4H2,1-2H3,(H,13,14). The van der Waals surface area contributed by atoms with E-state index in [2.05, 4.69) is 4.74 Å². The number of esters is 1. The van der Waals surface area contributed by atoms with E-state index in [0.29, 0.717) is 0 Å². The summed E-state index contributed by atoms with van der Waals surface area (Å²) in [5, 5.41) is 17.8. The number of hydrogen-bond acceptors (Lipinski definition) is 7. The maximum atomic E-state index is 12.1. The van der Waals surface area contributed by atoms with Gasteiger partial charge in [0, 0.05) is 4.88 Å². The second-order valence-corrected chi connectivity index (χ2v) is 6.65. The molecule has 0 saturated heterocycles. The number of ether oxygens (including phenoxy) is 1. The van der Waals surface area contributed by atoms with Gasteiger partial charge in [0.15, 0.2) is 0 Å². The first-order chi connectivity index (χ1) is 9.22. The Balaban J connectivity index is 3.11. The van der Waals surface area contributed by atoms with Crippen molar-refractivity contribution in [1.29, 1.82) is 0 Å². The molecule has 1 heterocycles. The van der Waals surface area contributed by atoms with Crippen molar-refractivity contribution in [1.82, 2.24) is 4.72 Å². The summed E-state index contributed by atoms with van der Waals surface area (Å²) in [4.78, 5) is 21.9. The van der Waals surface area contributed by atoms with Crippen molar-refractivity contribution < 1.29 is 33.0 Å². The van der Waals surface area contributed by atoms with Crippen molar-refractivity contribution in [2.75, 3.05) is 13.7 Å². The van der Waals surface area contributed by atoms with Gasteiger partial charge in [-0.2, -0.15) is 4.72 Å².